The Morgan fingerprint density at radius 2 is 1.44 bits per heavy atom. The third-order valence-electron chi connectivity index (χ3n) is 4.13. The molecule has 0 aliphatic carbocycles. The first-order chi connectivity index (χ1) is 13.5. The van der Waals surface area contributed by atoms with Gasteiger partial charge in [0.05, 0.1) is 6.31 Å². The monoisotopic (exact) mass is 370 g/mol. The number of allylic oxidation sites excluding steroid dienone is 4. The summed E-state index contributed by atoms with van der Waals surface area (Å²) in [6.07, 6.45) is 22.0. The predicted octanol–water partition coefficient (Wildman–Crippen LogP) is 5.71. The van der Waals surface area contributed by atoms with E-state index in [0.717, 1.165) is 37.0 Å². The van der Waals surface area contributed by atoms with Gasteiger partial charge in [-0.25, -0.2) is 4.99 Å². The van der Waals surface area contributed by atoms with Crippen LogP contribution in [0.3, 0.4) is 0 Å². The molecular formula is C21H34B2N2O2. The molecule has 0 aromatic rings. The number of hydrogen-bond acceptors (Lipinski definition) is 2. The number of unbranched alkanes of at least 4 members (excludes halogenated alkanes) is 9. The number of amidine groups is 1. The highest BCUT2D eigenvalue weighted by Gasteiger charge is 2.04. The Labute approximate surface area is 169 Å². The van der Waals surface area contributed by atoms with Crippen molar-refractivity contribution in [2.75, 3.05) is 6.54 Å². The SMILES string of the molecule is [3H]C(=NC([B])=O)N(CCCCCCCCC=CCC=CCCCCC)C([B])=O. The molecule has 0 aromatic heterocycles. The molecule has 0 saturated carbocycles. The third-order valence-corrected chi connectivity index (χ3v) is 4.13. The van der Waals surface area contributed by atoms with E-state index in [1.807, 2.05) is 0 Å². The molecule has 0 N–H and O–H groups in total. The average molecular weight is 370 g/mol. The number of aliphatic imine (C=N–C) groups is 1. The van der Waals surface area contributed by atoms with E-state index in [0.29, 0.717) is 6.42 Å². The number of carbonyl (C=O) groups is 2. The van der Waals surface area contributed by atoms with Crippen LogP contribution in [-0.2, 0) is 0 Å². The zero-order chi connectivity index (χ0) is 21.0. The minimum Gasteiger partial charge on any atom is -0.313 e. The van der Waals surface area contributed by atoms with E-state index in [2.05, 4.69) is 36.2 Å². The minimum absolute atomic E-state index is 0.277. The van der Waals surface area contributed by atoms with Crippen molar-refractivity contribution in [1.29, 1.82) is 0 Å². The molecule has 0 aliphatic heterocycles. The number of rotatable bonds is 15. The fourth-order valence-corrected chi connectivity index (χ4v) is 2.58. The molecule has 0 aliphatic rings. The lowest BCUT2D eigenvalue weighted by atomic mass is 10.1. The lowest BCUT2D eigenvalue weighted by Crippen LogP contribution is -2.29. The topological polar surface area (TPSA) is 49.7 Å². The molecule has 0 bridgehead atoms. The molecule has 0 aromatic carbocycles. The molecular weight excluding hydrogens is 334 g/mol. The van der Waals surface area contributed by atoms with Crippen molar-refractivity contribution in [3.63, 3.8) is 0 Å². The summed E-state index contributed by atoms with van der Waals surface area (Å²) in [5.41, 5.74) is 0. The number of carbonyl (C=O) groups excluding carboxylic acids is 2. The van der Waals surface area contributed by atoms with Gasteiger partial charge in [0.25, 0.3) is 0 Å². The largest absolute Gasteiger partial charge is 0.313 e. The van der Waals surface area contributed by atoms with Crippen LogP contribution in [0.15, 0.2) is 29.3 Å². The van der Waals surface area contributed by atoms with Crippen LogP contribution in [0.2, 0.25) is 0 Å². The number of hydrogen-bond donors (Lipinski definition) is 0. The van der Waals surface area contributed by atoms with Crippen molar-refractivity contribution < 1.29 is 11.0 Å². The molecule has 2 amide bonds. The van der Waals surface area contributed by atoms with Gasteiger partial charge in [-0.1, -0.05) is 69.8 Å². The summed E-state index contributed by atoms with van der Waals surface area (Å²) in [5.74, 6) is -1.80. The quantitative estimate of drug-likeness (QED) is 0.122. The van der Waals surface area contributed by atoms with Crippen LogP contribution in [-0.4, -0.2) is 45.1 Å². The fraction of sp³-hybridized carbons (Fsp3) is 0.667. The molecule has 0 rings (SSSR count). The van der Waals surface area contributed by atoms with Gasteiger partial charge in [-0.15, -0.1) is 0 Å². The van der Waals surface area contributed by atoms with Gasteiger partial charge in [-0.3, -0.25) is 9.59 Å². The minimum atomic E-state index is -1.01. The fourth-order valence-electron chi connectivity index (χ4n) is 2.58. The maximum absolute atomic E-state index is 11.3. The summed E-state index contributed by atoms with van der Waals surface area (Å²) in [7, 11) is 10.1. The van der Waals surface area contributed by atoms with E-state index < -0.39 is 17.9 Å². The Morgan fingerprint density at radius 3 is 2.00 bits per heavy atom. The lowest BCUT2D eigenvalue weighted by Gasteiger charge is -2.15. The first kappa shape index (κ1) is 23.5. The first-order valence-corrected chi connectivity index (χ1v) is 10.2. The van der Waals surface area contributed by atoms with Gasteiger partial charge in [0.1, 0.15) is 1.37 Å². The Morgan fingerprint density at radius 1 is 0.889 bits per heavy atom. The molecule has 0 spiro atoms. The van der Waals surface area contributed by atoms with Crippen molar-refractivity contribution in [2.45, 2.75) is 84.0 Å². The Bertz CT molecular complexity index is 523. The molecule has 146 valence electrons. The molecule has 0 atom stereocenters. The highest BCUT2D eigenvalue weighted by molar-refractivity contribution is 6.59. The second-order valence-electron chi connectivity index (χ2n) is 6.62. The summed E-state index contributed by atoms with van der Waals surface area (Å²) in [6.45, 7) is 2.50. The van der Waals surface area contributed by atoms with E-state index in [1.54, 1.807) is 0 Å². The number of amides is 2. The molecule has 6 heteroatoms. The maximum Gasteiger partial charge on any atom is 0.203 e. The van der Waals surface area contributed by atoms with Gasteiger partial charge in [-0.2, -0.15) is 0 Å². The maximum atomic E-state index is 11.3. The van der Waals surface area contributed by atoms with Crippen LogP contribution >= 0.6 is 0 Å². The Kier molecular flexibility index (Phi) is 16.7. The predicted molar refractivity (Wildman–Crippen MR) is 117 cm³/mol. The van der Waals surface area contributed by atoms with Gasteiger partial charge in [0, 0.05) is 6.54 Å². The van der Waals surface area contributed by atoms with E-state index in [4.69, 9.17) is 17.1 Å². The highest BCUT2D eigenvalue weighted by atomic mass is 16.2. The highest BCUT2D eigenvalue weighted by Crippen LogP contribution is 2.08. The smallest absolute Gasteiger partial charge is 0.203 e. The summed E-state index contributed by atoms with van der Waals surface area (Å²) < 4.78 is 7.54. The summed E-state index contributed by atoms with van der Waals surface area (Å²) >= 11 is 0. The molecule has 4 radical (unpaired) electrons. The van der Waals surface area contributed by atoms with Crippen LogP contribution in [0.5, 0.6) is 0 Å². The van der Waals surface area contributed by atoms with Crippen LogP contribution in [0.25, 0.3) is 0 Å². The van der Waals surface area contributed by atoms with Crippen molar-refractivity contribution in [3.8, 4) is 0 Å². The Balaban J connectivity index is 3.64. The number of nitrogens with zero attached hydrogens (tertiary/aromatic N) is 2. The van der Waals surface area contributed by atoms with Crippen molar-refractivity contribution in [2.24, 2.45) is 4.99 Å². The normalized spacial score (nSPS) is 12.6. The van der Waals surface area contributed by atoms with E-state index in [-0.39, 0.29) is 6.54 Å². The average Bonchev–Trinajstić information content (AvgIpc) is 2.63. The van der Waals surface area contributed by atoms with E-state index >= 15 is 0 Å². The second-order valence-corrected chi connectivity index (χ2v) is 6.62. The molecule has 0 unspecified atom stereocenters. The molecule has 4 nitrogen and oxygen atoms in total. The molecule has 0 heterocycles. The van der Waals surface area contributed by atoms with E-state index in [1.165, 1.54) is 38.5 Å². The van der Waals surface area contributed by atoms with Crippen LogP contribution < -0.4 is 0 Å². The van der Waals surface area contributed by atoms with Crippen molar-refractivity contribution >= 4 is 33.6 Å². The van der Waals surface area contributed by atoms with Gasteiger partial charge < -0.3 is 4.90 Å². The summed E-state index contributed by atoms with van der Waals surface area (Å²) in [4.78, 5) is 26.2. The van der Waals surface area contributed by atoms with Gasteiger partial charge in [-0.05, 0) is 38.5 Å². The van der Waals surface area contributed by atoms with Crippen LogP contribution in [0.1, 0.15) is 85.3 Å². The van der Waals surface area contributed by atoms with Crippen molar-refractivity contribution in [1.82, 2.24) is 4.90 Å². The first-order valence-electron chi connectivity index (χ1n) is 10.7. The summed E-state index contributed by atoms with van der Waals surface area (Å²) in [6, 6.07) is 0. The lowest BCUT2D eigenvalue weighted by molar-refractivity contribution is 0.243. The van der Waals surface area contributed by atoms with E-state index in [9.17, 15) is 9.59 Å². The standard InChI is InChI=1S/C21H34B2N2O2/c1-2-3-4-5-6-7-8-9-10-11-12-13-14-15-16-17-18-25(21(23)27)19-24-20(22)26/h6-7,9-10,19H,2-5,8,11-18H2,1H3/i19T. The van der Waals surface area contributed by atoms with Gasteiger partial charge in [0.2, 0.25) is 15.7 Å². The summed E-state index contributed by atoms with van der Waals surface area (Å²) in [5, 5.41) is 0. The molecule has 0 fully saturated rings. The van der Waals surface area contributed by atoms with Crippen molar-refractivity contribution in [3.05, 3.63) is 24.3 Å². The third kappa shape index (κ3) is 19.0. The van der Waals surface area contributed by atoms with Gasteiger partial charge >= 0.3 is 0 Å². The molecule has 0 saturated heterocycles. The van der Waals surface area contributed by atoms with Gasteiger partial charge in [0.15, 0.2) is 11.6 Å². The second kappa shape index (κ2) is 19.2. The zero-order valence-electron chi connectivity index (χ0n) is 17.9. The van der Waals surface area contributed by atoms with Crippen LogP contribution in [0, 0.1) is 0 Å². The Hall–Kier alpha value is -1.58. The van der Waals surface area contributed by atoms with Crippen LogP contribution in [0.4, 0.5) is 9.59 Å². The molecule has 27 heavy (non-hydrogen) atoms. The zero-order valence-corrected chi connectivity index (χ0v) is 16.9.